The van der Waals surface area contributed by atoms with Crippen LogP contribution in [0, 0.1) is 0 Å². The molecule has 1 atom stereocenters. The number of hydrogen-bond acceptors (Lipinski definition) is 6. The summed E-state index contributed by atoms with van der Waals surface area (Å²) in [6.45, 7) is 1.79. The van der Waals surface area contributed by atoms with Crippen molar-refractivity contribution in [3.63, 3.8) is 0 Å². The van der Waals surface area contributed by atoms with E-state index >= 15 is 0 Å². The second kappa shape index (κ2) is 7.80. The lowest BCUT2D eigenvalue weighted by Crippen LogP contribution is -2.37. The van der Waals surface area contributed by atoms with E-state index in [1.807, 2.05) is 17.4 Å². The number of hydrogen-bond donors (Lipinski definition) is 1. The maximum Gasteiger partial charge on any atom is 0.154 e. The summed E-state index contributed by atoms with van der Waals surface area (Å²) in [5.41, 5.74) is 4.90. The van der Waals surface area contributed by atoms with Crippen LogP contribution in [0.3, 0.4) is 0 Å². The molecular formula is C20H23N5OS. The summed E-state index contributed by atoms with van der Waals surface area (Å²) in [6.07, 6.45) is 7.23. The van der Waals surface area contributed by atoms with Crippen molar-refractivity contribution >= 4 is 28.2 Å². The molecule has 0 amide bonds. The predicted molar refractivity (Wildman–Crippen MR) is 110 cm³/mol. The molecule has 27 heavy (non-hydrogen) atoms. The topological polar surface area (TPSA) is 77.0 Å². The molecule has 4 rings (SSSR count). The summed E-state index contributed by atoms with van der Waals surface area (Å²) < 4.78 is 13.7. The van der Waals surface area contributed by atoms with E-state index < -0.39 is 11.4 Å². The van der Waals surface area contributed by atoms with Crippen LogP contribution in [0.25, 0.3) is 22.3 Å². The summed E-state index contributed by atoms with van der Waals surface area (Å²) >= 11 is -0.859. The second-order valence-corrected chi connectivity index (χ2v) is 8.14. The number of benzene rings is 1. The Morgan fingerprint density at radius 1 is 1.11 bits per heavy atom. The Morgan fingerprint density at radius 3 is 2.48 bits per heavy atom. The molecule has 1 aliphatic heterocycles. The van der Waals surface area contributed by atoms with Gasteiger partial charge in [-0.05, 0) is 30.4 Å². The Bertz CT molecular complexity index is 923. The van der Waals surface area contributed by atoms with Crippen molar-refractivity contribution in [2.45, 2.75) is 18.8 Å². The van der Waals surface area contributed by atoms with E-state index in [0.29, 0.717) is 5.92 Å². The number of nitrogens with zero attached hydrogens (tertiary/aromatic N) is 4. The van der Waals surface area contributed by atoms with Crippen LogP contribution >= 0.6 is 0 Å². The van der Waals surface area contributed by atoms with Crippen LogP contribution in [0.4, 0.5) is 5.82 Å². The first-order valence-corrected chi connectivity index (χ1v) is 10.7. The Morgan fingerprint density at radius 2 is 1.81 bits per heavy atom. The standard InChI is InChI=1S/C20H23N5OS/c1-21-20-19-18(22-9-10-23-19)13-17(24-20)16-5-3-14(4-6-16)15-7-11-25(12-8-15)27(2)26/h3-6,9-10,13,15H,7-8,11-12H2,1-2H3,(H,21,24). The third-order valence-corrected chi connectivity index (χ3v) is 6.28. The Kier molecular flexibility index (Phi) is 5.24. The molecule has 1 aromatic carbocycles. The molecule has 1 N–H and O–H groups in total. The Hall–Kier alpha value is -2.22. The summed E-state index contributed by atoms with van der Waals surface area (Å²) in [7, 11) is 1.85. The maximum absolute atomic E-state index is 11.6. The lowest BCUT2D eigenvalue weighted by molar-refractivity contribution is 0.321. The summed E-state index contributed by atoms with van der Waals surface area (Å²) in [5.74, 6) is 1.27. The molecule has 2 aromatic heterocycles. The van der Waals surface area contributed by atoms with Gasteiger partial charge in [0.2, 0.25) is 0 Å². The van der Waals surface area contributed by atoms with Crippen molar-refractivity contribution in [3.8, 4) is 11.3 Å². The summed E-state index contributed by atoms with van der Waals surface area (Å²) in [5, 5.41) is 3.11. The fourth-order valence-corrected chi connectivity index (χ4v) is 4.39. The first-order chi connectivity index (χ1) is 13.2. The van der Waals surface area contributed by atoms with E-state index in [4.69, 9.17) is 4.98 Å². The molecule has 3 heterocycles. The largest absolute Gasteiger partial charge is 0.598 e. The number of anilines is 1. The zero-order valence-corrected chi connectivity index (χ0v) is 16.4. The van der Waals surface area contributed by atoms with Crippen molar-refractivity contribution < 1.29 is 4.55 Å². The Labute approximate surface area is 162 Å². The first-order valence-electron chi connectivity index (χ1n) is 9.14. The van der Waals surface area contributed by atoms with E-state index in [1.165, 1.54) is 5.56 Å². The number of piperidine rings is 1. The van der Waals surface area contributed by atoms with Crippen molar-refractivity contribution in [1.82, 2.24) is 19.3 Å². The first kappa shape index (κ1) is 18.2. The lowest BCUT2D eigenvalue weighted by atomic mass is 9.89. The van der Waals surface area contributed by atoms with E-state index in [-0.39, 0.29) is 0 Å². The van der Waals surface area contributed by atoms with Gasteiger partial charge in [0.05, 0.1) is 11.2 Å². The number of aromatic nitrogens is 3. The van der Waals surface area contributed by atoms with Gasteiger partial charge in [-0.1, -0.05) is 24.3 Å². The van der Waals surface area contributed by atoms with Gasteiger partial charge in [0.1, 0.15) is 11.8 Å². The summed E-state index contributed by atoms with van der Waals surface area (Å²) in [4.78, 5) is 13.5. The highest BCUT2D eigenvalue weighted by Crippen LogP contribution is 2.31. The minimum Gasteiger partial charge on any atom is -0.598 e. The van der Waals surface area contributed by atoms with E-state index in [0.717, 1.165) is 54.0 Å². The van der Waals surface area contributed by atoms with Gasteiger partial charge in [-0.2, -0.15) is 0 Å². The molecule has 0 spiro atoms. The average Bonchev–Trinajstić information content (AvgIpc) is 2.73. The van der Waals surface area contributed by atoms with Crippen LogP contribution < -0.4 is 5.32 Å². The second-order valence-electron chi connectivity index (χ2n) is 6.78. The Balaban J connectivity index is 1.57. The highest BCUT2D eigenvalue weighted by atomic mass is 32.2. The number of nitrogens with one attached hydrogen (secondary N) is 1. The number of rotatable bonds is 4. The van der Waals surface area contributed by atoms with Gasteiger partial charge in [0.25, 0.3) is 0 Å². The van der Waals surface area contributed by atoms with Gasteiger partial charge in [-0.3, -0.25) is 4.98 Å². The zero-order valence-electron chi connectivity index (χ0n) is 15.6. The van der Waals surface area contributed by atoms with Crippen molar-refractivity contribution in [2.24, 2.45) is 0 Å². The monoisotopic (exact) mass is 381 g/mol. The fraction of sp³-hybridized carbons (Fsp3) is 0.350. The quantitative estimate of drug-likeness (QED) is 0.700. The maximum atomic E-state index is 11.6. The zero-order chi connectivity index (χ0) is 18.8. The van der Waals surface area contributed by atoms with Crippen LogP contribution in [0.2, 0.25) is 0 Å². The molecule has 3 aromatic rings. The molecule has 0 radical (unpaired) electrons. The van der Waals surface area contributed by atoms with Crippen LogP contribution in [-0.2, 0) is 11.4 Å². The van der Waals surface area contributed by atoms with Gasteiger partial charge < -0.3 is 9.87 Å². The van der Waals surface area contributed by atoms with Gasteiger partial charge in [0.15, 0.2) is 5.82 Å². The third kappa shape index (κ3) is 3.76. The molecule has 1 saturated heterocycles. The van der Waals surface area contributed by atoms with Crippen LogP contribution in [0.15, 0.2) is 42.7 Å². The molecule has 7 heteroatoms. The van der Waals surface area contributed by atoms with Gasteiger partial charge in [0, 0.05) is 49.5 Å². The molecule has 1 fully saturated rings. The van der Waals surface area contributed by atoms with Crippen molar-refractivity contribution in [3.05, 3.63) is 48.3 Å². The fourth-order valence-electron chi connectivity index (χ4n) is 3.67. The predicted octanol–water partition coefficient (Wildman–Crippen LogP) is 3.21. The minimum atomic E-state index is -0.859. The summed E-state index contributed by atoms with van der Waals surface area (Å²) in [6, 6.07) is 10.6. The smallest absolute Gasteiger partial charge is 0.154 e. The molecule has 0 saturated carbocycles. The molecule has 0 aliphatic carbocycles. The molecule has 1 unspecified atom stereocenters. The highest BCUT2D eigenvalue weighted by molar-refractivity contribution is 7.88. The lowest BCUT2D eigenvalue weighted by Gasteiger charge is -2.30. The van der Waals surface area contributed by atoms with Crippen LogP contribution in [0.1, 0.15) is 24.3 Å². The van der Waals surface area contributed by atoms with E-state index in [1.54, 1.807) is 18.6 Å². The van der Waals surface area contributed by atoms with Gasteiger partial charge in [-0.15, -0.1) is 4.31 Å². The van der Waals surface area contributed by atoms with E-state index in [2.05, 4.69) is 39.6 Å². The highest BCUT2D eigenvalue weighted by Gasteiger charge is 2.25. The normalized spacial score (nSPS) is 17.1. The van der Waals surface area contributed by atoms with Crippen LogP contribution in [-0.4, -0.2) is 50.2 Å². The number of pyridine rings is 1. The van der Waals surface area contributed by atoms with Crippen LogP contribution in [0.5, 0.6) is 0 Å². The molecule has 0 bridgehead atoms. The third-order valence-electron chi connectivity index (χ3n) is 5.19. The van der Waals surface area contributed by atoms with Crippen molar-refractivity contribution in [2.75, 3.05) is 31.7 Å². The van der Waals surface area contributed by atoms with Crippen molar-refractivity contribution in [1.29, 1.82) is 0 Å². The molecular weight excluding hydrogens is 358 g/mol. The van der Waals surface area contributed by atoms with Gasteiger partial charge >= 0.3 is 0 Å². The molecule has 6 nitrogen and oxygen atoms in total. The SMILES string of the molecule is CNc1nc(-c2ccc(C3CCN([S+](C)[O-])CC3)cc2)cc2nccnc12. The minimum absolute atomic E-state index is 0.530. The number of fused-ring (bicyclic) bond motifs is 1. The average molecular weight is 382 g/mol. The van der Waals surface area contributed by atoms with E-state index in [9.17, 15) is 4.55 Å². The van der Waals surface area contributed by atoms with Gasteiger partial charge in [-0.25, -0.2) is 9.97 Å². The molecule has 1 aliphatic rings. The molecule has 140 valence electrons.